The van der Waals surface area contributed by atoms with Gasteiger partial charge in [0.25, 0.3) is 0 Å². The Labute approximate surface area is 124 Å². The molecule has 1 N–H and O–H groups in total. The standard InChI is InChI=1S/C14H23N3O2S/c1-10(9-17-6-4-16(3)5-7-17)14-15-11(2)12(20-14)8-13(18)19/h10H,4-9H2,1-3H3,(H,18,19). The molecule has 0 saturated carbocycles. The number of carboxylic acid groups (broad SMARTS) is 1. The lowest BCUT2D eigenvalue weighted by Crippen LogP contribution is -2.45. The van der Waals surface area contributed by atoms with Gasteiger partial charge in [0.05, 0.1) is 17.1 Å². The molecule has 0 bridgehead atoms. The van der Waals surface area contributed by atoms with E-state index in [4.69, 9.17) is 5.11 Å². The van der Waals surface area contributed by atoms with E-state index in [1.807, 2.05) is 6.92 Å². The summed E-state index contributed by atoms with van der Waals surface area (Å²) in [5.74, 6) is -0.417. The topological polar surface area (TPSA) is 56.7 Å². The lowest BCUT2D eigenvalue weighted by atomic mass is 10.1. The number of hydrogen-bond acceptors (Lipinski definition) is 5. The molecular weight excluding hydrogens is 274 g/mol. The quantitative estimate of drug-likeness (QED) is 0.891. The van der Waals surface area contributed by atoms with Crippen molar-refractivity contribution >= 4 is 17.3 Å². The number of aryl methyl sites for hydroxylation is 1. The number of rotatable bonds is 5. The second-order valence-corrected chi connectivity index (χ2v) is 6.75. The highest BCUT2D eigenvalue weighted by Crippen LogP contribution is 2.26. The second kappa shape index (κ2) is 6.65. The summed E-state index contributed by atoms with van der Waals surface area (Å²) in [7, 11) is 2.16. The normalized spacial score (nSPS) is 19.1. The number of piperazine rings is 1. The predicted octanol–water partition coefficient (Wildman–Crippen LogP) is 1.43. The number of carboxylic acids is 1. The number of aromatic nitrogens is 1. The van der Waals surface area contributed by atoms with Crippen molar-refractivity contribution in [3.05, 3.63) is 15.6 Å². The number of carbonyl (C=O) groups is 1. The highest BCUT2D eigenvalue weighted by molar-refractivity contribution is 7.11. The van der Waals surface area contributed by atoms with Gasteiger partial charge < -0.3 is 14.9 Å². The Hall–Kier alpha value is -0.980. The zero-order chi connectivity index (χ0) is 14.7. The predicted molar refractivity (Wildman–Crippen MR) is 80.5 cm³/mol. The lowest BCUT2D eigenvalue weighted by Gasteiger charge is -2.33. The first-order valence-electron chi connectivity index (χ1n) is 7.04. The van der Waals surface area contributed by atoms with Crippen LogP contribution in [0.2, 0.25) is 0 Å². The Bertz CT molecular complexity index is 467. The number of nitrogens with zero attached hydrogens (tertiary/aromatic N) is 3. The Morgan fingerprint density at radius 2 is 2.05 bits per heavy atom. The average molecular weight is 297 g/mol. The van der Waals surface area contributed by atoms with Crippen molar-refractivity contribution in [2.24, 2.45) is 0 Å². The molecular formula is C14H23N3O2S. The minimum atomic E-state index is -0.782. The van der Waals surface area contributed by atoms with Crippen LogP contribution in [0.5, 0.6) is 0 Å². The van der Waals surface area contributed by atoms with Crippen LogP contribution in [0.3, 0.4) is 0 Å². The Morgan fingerprint density at radius 1 is 1.40 bits per heavy atom. The molecule has 0 spiro atoms. The van der Waals surface area contributed by atoms with Crippen molar-refractivity contribution in [2.45, 2.75) is 26.2 Å². The largest absolute Gasteiger partial charge is 0.481 e. The van der Waals surface area contributed by atoms with E-state index < -0.39 is 5.97 Å². The van der Waals surface area contributed by atoms with Gasteiger partial charge in [0.15, 0.2) is 0 Å². The fourth-order valence-electron chi connectivity index (χ4n) is 2.46. The van der Waals surface area contributed by atoms with Gasteiger partial charge in [0, 0.05) is 43.5 Å². The van der Waals surface area contributed by atoms with Crippen LogP contribution in [0, 0.1) is 6.92 Å². The van der Waals surface area contributed by atoms with Crippen molar-refractivity contribution in [3.8, 4) is 0 Å². The number of aliphatic carboxylic acids is 1. The minimum absolute atomic E-state index is 0.0880. The zero-order valence-corrected chi connectivity index (χ0v) is 13.2. The van der Waals surface area contributed by atoms with E-state index in [0.717, 1.165) is 48.3 Å². The molecule has 0 aliphatic carbocycles. The zero-order valence-electron chi connectivity index (χ0n) is 12.4. The molecule has 1 aliphatic heterocycles. The van der Waals surface area contributed by atoms with E-state index >= 15 is 0 Å². The summed E-state index contributed by atoms with van der Waals surface area (Å²) in [6.07, 6.45) is 0.0880. The fourth-order valence-corrected chi connectivity index (χ4v) is 3.56. The maximum Gasteiger partial charge on any atom is 0.308 e. The van der Waals surface area contributed by atoms with E-state index in [9.17, 15) is 4.79 Å². The Kier molecular flexibility index (Phi) is 5.12. The van der Waals surface area contributed by atoms with E-state index in [1.165, 1.54) is 0 Å². The summed E-state index contributed by atoms with van der Waals surface area (Å²) in [6, 6.07) is 0. The molecule has 5 nitrogen and oxygen atoms in total. The molecule has 1 atom stereocenters. The summed E-state index contributed by atoms with van der Waals surface area (Å²) in [6.45, 7) is 9.54. The van der Waals surface area contributed by atoms with Crippen LogP contribution in [0.4, 0.5) is 0 Å². The number of hydrogen-bond donors (Lipinski definition) is 1. The van der Waals surface area contributed by atoms with E-state index in [2.05, 4.69) is 28.8 Å². The van der Waals surface area contributed by atoms with Gasteiger partial charge in [-0.1, -0.05) is 6.92 Å². The smallest absolute Gasteiger partial charge is 0.308 e. The third-order valence-electron chi connectivity index (χ3n) is 3.77. The molecule has 112 valence electrons. The van der Waals surface area contributed by atoms with Crippen molar-refractivity contribution in [3.63, 3.8) is 0 Å². The third-order valence-corrected chi connectivity index (χ3v) is 5.16. The molecule has 0 radical (unpaired) electrons. The van der Waals surface area contributed by atoms with Gasteiger partial charge in [0.2, 0.25) is 0 Å². The lowest BCUT2D eigenvalue weighted by molar-refractivity contribution is -0.136. The first-order valence-corrected chi connectivity index (χ1v) is 7.86. The summed E-state index contributed by atoms with van der Waals surface area (Å²) in [5, 5.41) is 9.96. The van der Waals surface area contributed by atoms with Gasteiger partial charge in [0.1, 0.15) is 0 Å². The van der Waals surface area contributed by atoms with E-state index in [0.29, 0.717) is 5.92 Å². The molecule has 1 saturated heterocycles. The van der Waals surface area contributed by atoms with Gasteiger partial charge in [-0.15, -0.1) is 11.3 Å². The van der Waals surface area contributed by atoms with Crippen LogP contribution in [0.15, 0.2) is 0 Å². The molecule has 1 aromatic rings. The number of likely N-dealkylation sites (N-methyl/N-ethyl adjacent to an activating group) is 1. The van der Waals surface area contributed by atoms with Crippen LogP contribution < -0.4 is 0 Å². The molecule has 0 amide bonds. The molecule has 1 unspecified atom stereocenters. The van der Waals surface area contributed by atoms with Crippen molar-refractivity contribution in [2.75, 3.05) is 39.8 Å². The van der Waals surface area contributed by atoms with Crippen LogP contribution in [-0.4, -0.2) is 65.6 Å². The van der Waals surface area contributed by atoms with E-state index in [1.54, 1.807) is 11.3 Å². The molecule has 20 heavy (non-hydrogen) atoms. The Morgan fingerprint density at radius 3 is 2.65 bits per heavy atom. The van der Waals surface area contributed by atoms with Crippen LogP contribution in [-0.2, 0) is 11.2 Å². The summed E-state index contributed by atoms with van der Waals surface area (Å²) in [4.78, 5) is 21.1. The van der Waals surface area contributed by atoms with Gasteiger partial charge in [-0.25, -0.2) is 4.98 Å². The maximum absolute atomic E-state index is 10.8. The highest BCUT2D eigenvalue weighted by atomic mass is 32.1. The SMILES string of the molecule is Cc1nc(C(C)CN2CCN(C)CC2)sc1CC(=O)O. The van der Waals surface area contributed by atoms with Crippen molar-refractivity contribution in [1.29, 1.82) is 0 Å². The molecule has 1 aliphatic rings. The highest BCUT2D eigenvalue weighted by Gasteiger charge is 2.20. The third kappa shape index (κ3) is 4.01. The molecule has 2 heterocycles. The molecule has 2 rings (SSSR count). The summed E-state index contributed by atoms with van der Waals surface area (Å²) < 4.78 is 0. The molecule has 0 aromatic carbocycles. The maximum atomic E-state index is 10.8. The van der Waals surface area contributed by atoms with Crippen LogP contribution >= 0.6 is 11.3 Å². The van der Waals surface area contributed by atoms with Crippen molar-refractivity contribution < 1.29 is 9.90 Å². The minimum Gasteiger partial charge on any atom is -0.481 e. The van der Waals surface area contributed by atoms with Gasteiger partial charge >= 0.3 is 5.97 Å². The first kappa shape index (κ1) is 15.4. The molecule has 6 heteroatoms. The second-order valence-electron chi connectivity index (χ2n) is 5.64. The molecule has 1 fully saturated rings. The van der Waals surface area contributed by atoms with Crippen molar-refractivity contribution in [1.82, 2.24) is 14.8 Å². The monoisotopic (exact) mass is 297 g/mol. The Balaban J connectivity index is 1.95. The fraction of sp³-hybridized carbons (Fsp3) is 0.714. The van der Waals surface area contributed by atoms with Gasteiger partial charge in [-0.2, -0.15) is 0 Å². The van der Waals surface area contributed by atoms with Gasteiger partial charge in [-0.05, 0) is 14.0 Å². The number of thiazole rings is 1. The summed E-state index contributed by atoms with van der Waals surface area (Å²) >= 11 is 1.56. The molecule has 1 aromatic heterocycles. The van der Waals surface area contributed by atoms with Crippen LogP contribution in [0.1, 0.15) is 28.4 Å². The van der Waals surface area contributed by atoms with E-state index in [-0.39, 0.29) is 6.42 Å². The summed E-state index contributed by atoms with van der Waals surface area (Å²) in [5.41, 5.74) is 0.873. The van der Waals surface area contributed by atoms with Crippen LogP contribution in [0.25, 0.3) is 0 Å². The van der Waals surface area contributed by atoms with Gasteiger partial charge in [-0.3, -0.25) is 4.79 Å². The average Bonchev–Trinajstić information content (AvgIpc) is 2.73. The first-order chi connectivity index (χ1) is 9.45.